The van der Waals surface area contributed by atoms with Crippen molar-refractivity contribution in [3.8, 4) is 55.6 Å². The smallest absolute Gasteiger partial charge is 0.0159 e. The first-order valence-corrected chi connectivity index (χ1v) is 16.5. The van der Waals surface area contributed by atoms with Crippen LogP contribution in [-0.2, 0) is 5.41 Å². The van der Waals surface area contributed by atoms with Crippen molar-refractivity contribution in [2.45, 2.75) is 19.3 Å². The van der Waals surface area contributed by atoms with Crippen LogP contribution in [0.25, 0.3) is 77.2 Å². The molecule has 0 heterocycles. The Morgan fingerprint density at radius 3 is 1.26 bits per heavy atom. The van der Waals surface area contributed by atoms with Crippen molar-refractivity contribution in [3.05, 3.63) is 181 Å². The summed E-state index contributed by atoms with van der Waals surface area (Å²) in [6.07, 6.45) is 0. The molecule has 1 aliphatic carbocycles. The lowest BCUT2D eigenvalue weighted by molar-refractivity contribution is 0.660. The Hall–Kier alpha value is -5.72. The molecule has 0 bridgehead atoms. The molecular formula is C47H34. The highest BCUT2D eigenvalue weighted by atomic mass is 14.4. The molecule has 1 aliphatic rings. The molecule has 0 aromatic heterocycles. The molecule has 47 heavy (non-hydrogen) atoms. The maximum absolute atomic E-state index is 2.45. The summed E-state index contributed by atoms with van der Waals surface area (Å²) in [5.74, 6) is 0. The van der Waals surface area contributed by atoms with E-state index in [0.29, 0.717) is 0 Å². The average Bonchev–Trinajstić information content (AvgIpc) is 3.36. The number of benzene rings is 8. The highest BCUT2D eigenvalue weighted by Gasteiger charge is 2.35. The maximum Gasteiger partial charge on any atom is 0.0159 e. The Kier molecular flexibility index (Phi) is 6.27. The minimum Gasteiger partial charge on any atom is -0.0622 e. The zero-order valence-corrected chi connectivity index (χ0v) is 26.7. The number of hydrogen-bond acceptors (Lipinski definition) is 0. The van der Waals surface area contributed by atoms with E-state index in [9.17, 15) is 0 Å². The van der Waals surface area contributed by atoms with Gasteiger partial charge >= 0.3 is 0 Å². The van der Waals surface area contributed by atoms with Crippen LogP contribution in [-0.4, -0.2) is 0 Å². The van der Waals surface area contributed by atoms with Gasteiger partial charge in [0, 0.05) is 5.41 Å². The lowest BCUT2D eigenvalue weighted by Gasteiger charge is -2.23. The summed E-state index contributed by atoms with van der Waals surface area (Å²) in [6.45, 7) is 4.72. The molecule has 0 heteroatoms. The largest absolute Gasteiger partial charge is 0.0622 e. The third-order valence-electron chi connectivity index (χ3n) is 10.3. The summed E-state index contributed by atoms with van der Waals surface area (Å²) >= 11 is 0. The van der Waals surface area contributed by atoms with Crippen LogP contribution in [0.3, 0.4) is 0 Å². The van der Waals surface area contributed by atoms with E-state index in [1.165, 1.54) is 88.3 Å². The van der Waals surface area contributed by atoms with E-state index in [1.807, 2.05) is 0 Å². The van der Waals surface area contributed by atoms with Crippen LogP contribution in [0.5, 0.6) is 0 Å². The van der Waals surface area contributed by atoms with Gasteiger partial charge in [0.15, 0.2) is 0 Å². The fraction of sp³-hybridized carbons (Fsp3) is 0.0638. The first kappa shape index (κ1) is 27.6. The summed E-state index contributed by atoms with van der Waals surface area (Å²) in [7, 11) is 0. The van der Waals surface area contributed by atoms with Crippen molar-refractivity contribution >= 4 is 21.5 Å². The Labute approximate surface area is 276 Å². The average molecular weight is 599 g/mol. The van der Waals surface area contributed by atoms with Gasteiger partial charge in [-0.25, -0.2) is 0 Å². The van der Waals surface area contributed by atoms with Gasteiger partial charge in [0.1, 0.15) is 0 Å². The molecule has 9 rings (SSSR count). The molecule has 8 aromatic rings. The van der Waals surface area contributed by atoms with Crippen molar-refractivity contribution in [2.75, 3.05) is 0 Å². The Balaban J connectivity index is 1.32. The molecule has 0 unspecified atom stereocenters. The highest BCUT2D eigenvalue weighted by Crippen LogP contribution is 2.51. The Bertz CT molecular complexity index is 2420. The molecule has 0 saturated heterocycles. The van der Waals surface area contributed by atoms with E-state index in [0.717, 1.165) is 0 Å². The highest BCUT2D eigenvalue weighted by molar-refractivity contribution is 6.23. The molecule has 0 radical (unpaired) electrons. The fourth-order valence-electron chi connectivity index (χ4n) is 8.10. The van der Waals surface area contributed by atoms with Crippen LogP contribution in [0.4, 0.5) is 0 Å². The summed E-state index contributed by atoms with van der Waals surface area (Å²) in [6, 6.07) is 62.6. The predicted molar refractivity (Wildman–Crippen MR) is 201 cm³/mol. The van der Waals surface area contributed by atoms with Crippen molar-refractivity contribution in [2.24, 2.45) is 0 Å². The van der Waals surface area contributed by atoms with Crippen molar-refractivity contribution < 1.29 is 0 Å². The lowest BCUT2D eigenvalue weighted by Crippen LogP contribution is -2.14. The van der Waals surface area contributed by atoms with Crippen LogP contribution in [0.2, 0.25) is 0 Å². The minimum atomic E-state index is -0.0515. The molecule has 0 spiro atoms. The molecule has 0 amide bonds. The first-order valence-electron chi connectivity index (χ1n) is 16.5. The van der Waals surface area contributed by atoms with Crippen molar-refractivity contribution in [1.29, 1.82) is 0 Å². The molecular weight excluding hydrogens is 565 g/mol. The van der Waals surface area contributed by atoms with Gasteiger partial charge in [0.05, 0.1) is 0 Å². The SMILES string of the molecule is CC1(C)c2ccccc2-c2ccc(-c3ccccc3-c3c4ccccc4c(-c4ccccc4-c4ccccc4)c4ccccc34)cc21. The van der Waals surface area contributed by atoms with Gasteiger partial charge in [-0.3, -0.25) is 0 Å². The van der Waals surface area contributed by atoms with E-state index >= 15 is 0 Å². The second-order valence-electron chi connectivity index (χ2n) is 13.2. The van der Waals surface area contributed by atoms with Gasteiger partial charge in [-0.05, 0) is 94.4 Å². The monoisotopic (exact) mass is 598 g/mol. The summed E-state index contributed by atoms with van der Waals surface area (Å²) in [5.41, 5.74) is 15.5. The standard InChI is InChI=1S/C47H34/c1-47(2)43-27-15-14-20-35(43)36-29-28-32(30-44(36)47)34-19-7-9-22-38(34)46-41-25-12-10-23-39(41)45(40-24-11-13-26-42(40)46)37-21-8-6-18-33(37)31-16-4-3-5-17-31/h3-30H,1-2H3. The quantitative estimate of drug-likeness (QED) is 0.177. The van der Waals surface area contributed by atoms with Gasteiger partial charge in [0.25, 0.3) is 0 Å². The van der Waals surface area contributed by atoms with Crippen LogP contribution < -0.4 is 0 Å². The third kappa shape index (κ3) is 4.22. The van der Waals surface area contributed by atoms with Crippen LogP contribution in [0.15, 0.2) is 170 Å². The van der Waals surface area contributed by atoms with E-state index in [-0.39, 0.29) is 5.41 Å². The van der Waals surface area contributed by atoms with E-state index in [1.54, 1.807) is 0 Å². The van der Waals surface area contributed by atoms with Gasteiger partial charge in [0.2, 0.25) is 0 Å². The number of hydrogen-bond donors (Lipinski definition) is 0. The second kappa shape index (κ2) is 10.7. The van der Waals surface area contributed by atoms with Crippen LogP contribution >= 0.6 is 0 Å². The fourth-order valence-corrected chi connectivity index (χ4v) is 8.10. The van der Waals surface area contributed by atoms with Gasteiger partial charge in [-0.2, -0.15) is 0 Å². The predicted octanol–water partition coefficient (Wildman–Crippen LogP) is 13.0. The van der Waals surface area contributed by atoms with E-state index < -0.39 is 0 Å². The molecule has 0 fully saturated rings. The summed E-state index contributed by atoms with van der Waals surface area (Å²) in [5, 5.41) is 5.07. The molecule has 0 nitrogen and oxygen atoms in total. The molecule has 8 aromatic carbocycles. The van der Waals surface area contributed by atoms with Crippen molar-refractivity contribution in [1.82, 2.24) is 0 Å². The Morgan fingerprint density at radius 1 is 0.298 bits per heavy atom. The summed E-state index contributed by atoms with van der Waals surface area (Å²) in [4.78, 5) is 0. The minimum absolute atomic E-state index is 0.0515. The maximum atomic E-state index is 2.45. The number of fused-ring (bicyclic) bond motifs is 5. The van der Waals surface area contributed by atoms with Crippen molar-refractivity contribution in [3.63, 3.8) is 0 Å². The Morgan fingerprint density at radius 2 is 0.702 bits per heavy atom. The lowest BCUT2D eigenvalue weighted by atomic mass is 9.80. The second-order valence-corrected chi connectivity index (χ2v) is 13.2. The molecule has 0 atom stereocenters. The normalized spacial score (nSPS) is 13.1. The van der Waals surface area contributed by atoms with E-state index in [2.05, 4.69) is 184 Å². The third-order valence-corrected chi connectivity index (χ3v) is 10.3. The van der Waals surface area contributed by atoms with Crippen LogP contribution in [0.1, 0.15) is 25.0 Å². The first-order chi connectivity index (χ1) is 23.1. The van der Waals surface area contributed by atoms with Crippen LogP contribution in [0, 0.1) is 0 Å². The molecule has 222 valence electrons. The topological polar surface area (TPSA) is 0 Å². The van der Waals surface area contributed by atoms with E-state index in [4.69, 9.17) is 0 Å². The van der Waals surface area contributed by atoms with Gasteiger partial charge in [-0.1, -0.05) is 178 Å². The molecule has 0 aliphatic heterocycles. The number of rotatable bonds is 4. The van der Waals surface area contributed by atoms with Gasteiger partial charge < -0.3 is 0 Å². The summed E-state index contributed by atoms with van der Waals surface area (Å²) < 4.78 is 0. The molecule has 0 saturated carbocycles. The molecule has 0 N–H and O–H groups in total. The van der Waals surface area contributed by atoms with Gasteiger partial charge in [-0.15, -0.1) is 0 Å². The zero-order chi connectivity index (χ0) is 31.5. The zero-order valence-electron chi connectivity index (χ0n) is 26.7.